The minimum atomic E-state index is -0.0893. The second kappa shape index (κ2) is 10.3. The highest BCUT2D eigenvalue weighted by molar-refractivity contribution is 7.98. The predicted molar refractivity (Wildman–Crippen MR) is 114 cm³/mol. The number of fused-ring (bicyclic) bond motifs is 1. The number of rotatable bonds is 8. The van der Waals surface area contributed by atoms with Gasteiger partial charge in [-0.05, 0) is 60.6 Å². The van der Waals surface area contributed by atoms with Crippen molar-refractivity contribution in [2.45, 2.75) is 31.4 Å². The molecule has 0 bridgehead atoms. The van der Waals surface area contributed by atoms with Crippen LogP contribution in [-0.4, -0.2) is 24.8 Å². The summed E-state index contributed by atoms with van der Waals surface area (Å²) in [5.41, 5.74) is 3.68. The van der Waals surface area contributed by atoms with Crippen LogP contribution in [0.1, 0.15) is 29.5 Å². The first-order valence-electron chi connectivity index (χ1n) is 9.15. The molecular formula is C21H23Cl2NO2S. The summed E-state index contributed by atoms with van der Waals surface area (Å²) in [7, 11) is 0. The molecule has 0 saturated heterocycles. The first-order valence-corrected chi connectivity index (χ1v) is 11.1. The minimum absolute atomic E-state index is 0.0597. The van der Waals surface area contributed by atoms with Gasteiger partial charge in [0, 0.05) is 28.1 Å². The molecule has 0 aromatic heterocycles. The van der Waals surface area contributed by atoms with Gasteiger partial charge in [-0.1, -0.05) is 41.4 Å². The van der Waals surface area contributed by atoms with Gasteiger partial charge in [0.25, 0.3) is 5.91 Å². The van der Waals surface area contributed by atoms with Gasteiger partial charge in [-0.2, -0.15) is 11.8 Å². The largest absolute Gasteiger partial charge is 0.483 e. The van der Waals surface area contributed by atoms with Crippen LogP contribution in [0.25, 0.3) is 0 Å². The van der Waals surface area contributed by atoms with E-state index in [0.717, 1.165) is 35.7 Å². The smallest absolute Gasteiger partial charge is 0.257 e. The first-order chi connectivity index (χ1) is 13.1. The van der Waals surface area contributed by atoms with E-state index in [2.05, 4.69) is 11.4 Å². The number of carbonyl (C=O) groups excluding carboxylic acids is 1. The van der Waals surface area contributed by atoms with Crippen LogP contribution in [0.2, 0.25) is 10.0 Å². The molecule has 1 N–H and O–H groups in total. The van der Waals surface area contributed by atoms with Gasteiger partial charge in [-0.25, -0.2) is 0 Å². The van der Waals surface area contributed by atoms with Crippen LogP contribution in [-0.2, 0) is 23.4 Å². The van der Waals surface area contributed by atoms with Gasteiger partial charge in [0.15, 0.2) is 6.61 Å². The molecule has 0 radical (unpaired) electrons. The first kappa shape index (κ1) is 20.4. The van der Waals surface area contributed by atoms with E-state index >= 15 is 0 Å². The zero-order valence-corrected chi connectivity index (χ0v) is 17.4. The Labute approximate surface area is 174 Å². The van der Waals surface area contributed by atoms with Gasteiger partial charge in [0.1, 0.15) is 5.75 Å². The zero-order valence-electron chi connectivity index (χ0n) is 15.1. The highest BCUT2D eigenvalue weighted by atomic mass is 35.5. The third-order valence-electron chi connectivity index (χ3n) is 4.55. The topological polar surface area (TPSA) is 38.3 Å². The number of hydrogen-bond acceptors (Lipinski definition) is 3. The van der Waals surface area contributed by atoms with Crippen LogP contribution < -0.4 is 10.1 Å². The van der Waals surface area contributed by atoms with Gasteiger partial charge in [-0.15, -0.1) is 0 Å². The Morgan fingerprint density at radius 1 is 1.15 bits per heavy atom. The molecule has 0 saturated carbocycles. The Bertz CT molecular complexity index is 798. The average molecular weight is 424 g/mol. The number of aryl methyl sites for hydroxylation is 1. The Morgan fingerprint density at radius 2 is 2.00 bits per heavy atom. The molecule has 1 aliphatic rings. The van der Waals surface area contributed by atoms with Crippen molar-refractivity contribution in [3.05, 3.63) is 63.1 Å². The average Bonchev–Trinajstić information content (AvgIpc) is 2.67. The quantitative estimate of drug-likeness (QED) is 0.585. The SMILES string of the molecule is O=C(COc1cccc2c1CCCC2)NCCSCc1ccc(Cl)cc1Cl. The summed E-state index contributed by atoms with van der Waals surface area (Å²) in [6.45, 7) is 0.662. The summed E-state index contributed by atoms with van der Waals surface area (Å²) in [4.78, 5) is 12.0. The predicted octanol–water partition coefficient (Wildman–Crippen LogP) is 5.30. The Morgan fingerprint density at radius 3 is 2.85 bits per heavy atom. The Hall–Kier alpha value is -1.36. The lowest BCUT2D eigenvalue weighted by molar-refractivity contribution is -0.122. The van der Waals surface area contributed by atoms with Gasteiger partial charge in [0.2, 0.25) is 0 Å². The highest BCUT2D eigenvalue weighted by Crippen LogP contribution is 2.29. The summed E-state index contributed by atoms with van der Waals surface area (Å²) in [6.07, 6.45) is 4.56. The lowest BCUT2D eigenvalue weighted by Crippen LogP contribution is -2.30. The molecule has 0 spiro atoms. The van der Waals surface area contributed by atoms with Gasteiger partial charge in [0.05, 0.1) is 0 Å². The molecule has 27 heavy (non-hydrogen) atoms. The van der Waals surface area contributed by atoms with E-state index in [-0.39, 0.29) is 12.5 Å². The molecule has 1 aliphatic carbocycles. The molecule has 0 atom stereocenters. The lowest BCUT2D eigenvalue weighted by Gasteiger charge is -2.19. The van der Waals surface area contributed by atoms with Crippen LogP contribution in [0.4, 0.5) is 0 Å². The Kier molecular flexibility index (Phi) is 7.74. The monoisotopic (exact) mass is 423 g/mol. The molecule has 2 aromatic rings. The summed E-state index contributed by atoms with van der Waals surface area (Å²) in [5, 5.41) is 4.22. The summed E-state index contributed by atoms with van der Waals surface area (Å²) in [5.74, 6) is 2.37. The second-order valence-corrected chi connectivity index (χ2v) is 8.48. The fourth-order valence-electron chi connectivity index (χ4n) is 3.16. The van der Waals surface area contributed by atoms with E-state index in [1.54, 1.807) is 17.8 Å². The zero-order chi connectivity index (χ0) is 19.1. The van der Waals surface area contributed by atoms with Crippen LogP contribution in [0.15, 0.2) is 36.4 Å². The van der Waals surface area contributed by atoms with E-state index in [4.69, 9.17) is 27.9 Å². The van der Waals surface area contributed by atoms with Crippen LogP contribution in [0, 0.1) is 0 Å². The molecule has 0 aliphatic heterocycles. The molecule has 144 valence electrons. The molecule has 0 heterocycles. The molecule has 3 rings (SSSR count). The van der Waals surface area contributed by atoms with E-state index in [1.165, 1.54) is 24.0 Å². The maximum atomic E-state index is 12.0. The maximum absolute atomic E-state index is 12.0. The van der Waals surface area contributed by atoms with Crippen molar-refractivity contribution in [2.75, 3.05) is 18.9 Å². The van der Waals surface area contributed by atoms with E-state index < -0.39 is 0 Å². The lowest BCUT2D eigenvalue weighted by atomic mass is 9.91. The van der Waals surface area contributed by atoms with Gasteiger partial charge < -0.3 is 10.1 Å². The summed E-state index contributed by atoms with van der Waals surface area (Å²) < 4.78 is 5.77. The fourth-order valence-corrected chi connectivity index (χ4v) is 4.58. The minimum Gasteiger partial charge on any atom is -0.483 e. The number of ether oxygens (including phenoxy) is 1. The molecule has 0 unspecified atom stereocenters. The molecule has 2 aromatic carbocycles. The van der Waals surface area contributed by atoms with Crippen molar-refractivity contribution in [3.63, 3.8) is 0 Å². The number of carbonyl (C=O) groups is 1. The van der Waals surface area contributed by atoms with E-state index in [9.17, 15) is 4.79 Å². The Balaban J connectivity index is 1.36. The van der Waals surface area contributed by atoms with E-state index in [0.29, 0.717) is 16.6 Å². The number of nitrogens with one attached hydrogen (secondary N) is 1. The third-order valence-corrected chi connectivity index (χ3v) is 6.15. The van der Waals surface area contributed by atoms with Crippen molar-refractivity contribution < 1.29 is 9.53 Å². The highest BCUT2D eigenvalue weighted by Gasteiger charge is 2.14. The van der Waals surface area contributed by atoms with Crippen LogP contribution >= 0.6 is 35.0 Å². The van der Waals surface area contributed by atoms with Crippen molar-refractivity contribution in [2.24, 2.45) is 0 Å². The van der Waals surface area contributed by atoms with Crippen molar-refractivity contribution >= 4 is 40.9 Å². The van der Waals surface area contributed by atoms with Crippen molar-refractivity contribution in [3.8, 4) is 5.75 Å². The molecule has 1 amide bonds. The fraction of sp³-hybridized carbons (Fsp3) is 0.381. The number of amides is 1. The normalized spacial score (nSPS) is 13.1. The van der Waals surface area contributed by atoms with Gasteiger partial charge >= 0.3 is 0 Å². The molecular weight excluding hydrogens is 401 g/mol. The second-order valence-electron chi connectivity index (χ2n) is 6.53. The third kappa shape index (κ3) is 6.06. The summed E-state index contributed by atoms with van der Waals surface area (Å²) >= 11 is 13.8. The van der Waals surface area contributed by atoms with Gasteiger partial charge in [-0.3, -0.25) is 4.79 Å². The number of hydrogen-bond donors (Lipinski definition) is 1. The van der Waals surface area contributed by atoms with Crippen molar-refractivity contribution in [1.82, 2.24) is 5.32 Å². The molecule has 6 heteroatoms. The van der Waals surface area contributed by atoms with E-state index in [1.807, 2.05) is 24.3 Å². The number of benzene rings is 2. The van der Waals surface area contributed by atoms with Crippen LogP contribution in [0.5, 0.6) is 5.75 Å². The maximum Gasteiger partial charge on any atom is 0.257 e. The number of thioether (sulfide) groups is 1. The molecule has 3 nitrogen and oxygen atoms in total. The summed E-state index contributed by atoms with van der Waals surface area (Å²) in [6, 6.07) is 11.7. The number of halogens is 2. The van der Waals surface area contributed by atoms with Crippen molar-refractivity contribution in [1.29, 1.82) is 0 Å². The van der Waals surface area contributed by atoms with Crippen LogP contribution in [0.3, 0.4) is 0 Å². The molecule has 0 fully saturated rings. The standard InChI is InChI=1S/C21H23Cl2NO2S/c22-17-9-8-16(19(23)12-17)14-27-11-10-24-21(25)13-26-20-7-3-5-15-4-1-2-6-18(15)20/h3,5,7-9,12H,1-2,4,6,10-11,13-14H2,(H,24,25).